The second-order valence-electron chi connectivity index (χ2n) is 8.12. The maximum atomic E-state index is 12.7. The van der Waals surface area contributed by atoms with Crippen molar-refractivity contribution >= 4 is 30.9 Å². The molecule has 0 saturated heterocycles. The molecule has 10 nitrogen and oxygen atoms in total. The number of rotatable bonds is 15. The van der Waals surface area contributed by atoms with Crippen LogP contribution in [-0.2, 0) is 18.7 Å². The van der Waals surface area contributed by atoms with Crippen molar-refractivity contribution in [2.45, 2.75) is 39.5 Å². The van der Waals surface area contributed by atoms with Crippen LogP contribution in [-0.4, -0.2) is 55.0 Å². The molecule has 0 spiro atoms. The van der Waals surface area contributed by atoms with Gasteiger partial charge in [-0.1, -0.05) is 38.3 Å². The van der Waals surface area contributed by atoms with E-state index in [1.54, 1.807) is 43.9 Å². The fourth-order valence-corrected chi connectivity index (χ4v) is 4.88. The van der Waals surface area contributed by atoms with Crippen molar-refractivity contribution in [1.29, 1.82) is 0 Å². The number of amides is 3. The third-order valence-corrected chi connectivity index (χ3v) is 7.34. The van der Waals surface area contributed by atoms with Crippen LogP contribution in [0, 0.1) is 5.92 Å². The number of benzene rings is 1. The predicted octanol–water partition coefficient (Wildman–Crippen LogP) is 3.36. The normalized spacial score (nSPS) is 13.5. The molecule has 0 aliphatic carbocycles. The first-order chi connectivity index (χ1) is 16.7. The second-order valence-corrected chi connectivity index (χ2v) is 10.6. The molecule has 2 rings (SSSR count). The number of nitrogens with zero attached hydrogens (tertiary/aromatic N) is 1. The number of hydrogen-bond donors (Lipinski definition) is 3. The van der Waals surface area contributed by atoms with E-state index in [0.29, 0.717) is 34.7 Å². The van der Waals surface area contributed by atoms with Gasteiger partial charge in [0.05, 0.1) is 25.7 Å². The summed E-state index contributed by atoms with van der Waals surface area (Å²) in [5, 5.41) is 15.6. The van der Waals surface area contributed by atoms with Crippen LogP contribution in [0.2, 0.25) is 0 Å². The molecule has 0 bridgehead atoms. The number of carbonyl (C=O) groups excluding carboxylic acids is 3. The summed E-state index contributed by atoms with van der Waals surface area (Å²) in [5.41, 5.74) is 0.648. The molecule has 0 aliphatic heterocycles. The van der Waals surface area contributed by atoms with Gasteiger partial charge in [0.25, 0.3) is 5.91 Å². The van der Waals surface area contributed by atoms with Crippen LogP contribution in [0.3, 0.4) is 0 Å². The third-order valence-electron chi connectivity index (χ3n) is 5.37. The number of carbonyl (C=O) groups is 3. The minimum absolute atomic E-state index is 0.0473. The Morgan fingerprint density at radius 2 is 1.97 bits per heavy atom. The van der Waals surface area contributed by atoms with E-state index in [4.69, 9.17) is 8.94 Å². The van der Waals surface area contributed by atoms with Gasteiger partial charge in [-0.15, -0.1) is 0 Å². The molecule has 0 saturated carbocycles. The van der Waals surface area contributed by atoms with Gasteiger partial charge in [-0.2, -0.15) is 0 Å². The van der Waals surface area contributed by atoms with E-state index in [0.717, 1.165) is 19.3 Å². The van der Waals surface area contributed by atoms with E-state index in [9.17, 15) is 24.2 Å². The van der Waals surface area contributed by atoms with Crippen LogP contribution in [0.25, 0.3) is 11.3 Å². The number of nitrogens with one attached hydrogen (secondary N) is 2. The summed E-state index contributed by atoms with van der Waals surface area (Å²) < 4.78 is 23.7. The van der Waals surface area contributed by atoms with Crippen LogP contribution < -0.4 is 15.9 Å². The summed E-state index contributed by atoms with van der Waals surface area (Å²) in [5.74, 6) is -1.03. The number of hydrogen-bond acceptors (Lipinski definition) is 7. The minimum Gasteiger partial charge on any atom is -0.451 e. The van der Waals surface area contributed by atoms with Crippen molar-refractivity contribution in [3.8, 4) is 11.3 Å². The van der Waals surface area contributed by atoms with Crippen molar-refractivity contribution in [3.63, 3.8) is 0 Å². The van der Waals surface area contributed by atoms with Gasteiger partial charge in [0.1, 0.15) is 5.76 Å². The lowest BCUT2D eigenvalue weighted by Gasteiger charge is -2.19. The SMILES string of the molecule is CCCCC[C@H](CN(O)C=O)C(=O)NCNC(=O)c1ccc(-c2cccc(P(C)(=O)OCC)c2)o1. The molecule has 1 aromatic carbocycles. The van der Waals surface area contributed by atoms with Gasteiger partial charge < -0.3 is 19.6 Å². The lowest BCUT2D eigenvalue weighted by atomic mass is 10.0. The van der Waals surface area contributed by atoms with Crippen molar-refractivity contribution in [1.82, 2.24) is 15.7 Å². The lowest BCUT2D eigenvalue weighted by Crippen LogP contribution is -2.42. The molecule has 2 aromatic rings. The molecule has 0 fully saturated rings. The van der Waals surface area contributed by atoms with Gasteiger partial charge in [0, 0.05) is 17.5 Å². The molecular weight excluding hydrogens is 473 g/mol. The van der Waals surface area contributed by atoms with Crippen molar-refractivity contribution in [2.24, 2.45) is 5.92 Å². The number of furan rings is 1. The van der Waals surface area contributed by atoms with Gasteiger partial charge in [0.2, 0.25) is 19.7 Å². The molecule has 0 radical (unpaired) electrons. The summed E-state index contributed by atoms with van der Waals surface area (Å²) in [7, 11) is -2.96. The van der Waals surface area contributed by atoms with Gasteiger partial charge in [-0.25, -0.2) is 5.06 Å². The van der Waals surface area contributed by atoms with Crippen LogP contribution in [0.1, 0.15) is 50.1 Å². The quantitative estimate of drug-likeness (QED) is 0.0839. The molecule has 192 valence electrons. The van der Waals surface area contributed by atoms with Gasteiger partial charge in [0.15, 0.2) is 5.76 Å². The molecular formula is C24H34N3O7P. The topological polar surface area (TPSA) is 138 Å². The van der Waals surface area contributed by atoms with Crippen molar-refractivity contribution < 1.29 is 33.1 Å². The Morgan fingerprint density at radius 3 is 2.66 bits per heavy atom. The predicted molar refractivity (Wildman–Crippen MR) is 132 cm³/mol. The standard InChI is InChI=1S/C24H34N3O7P/c1-4-6-7-9-19(15-27(31)17-28)23(29)25-16-26-24(30)22-13-12-21(34-22)18-10-8-11-20(14-18)35(3,32)33-5-2/h8,10-14,17,19,31H,4-7,9,15-16H2,1-3H3,(H,25,29)(H,26,30)/t19-,35?/m1/s1. The zero-order chi connectivity index (χ0) is 25.8. The summed E-state index contributed by atoms with van der Waals surface area (Å²) in [6.45, 7) is 5.42. The highest BCUT2D eigenvalue weighted by atomic mass is 31.2. The second kappa shape index (κ2) is 13.8. The van der Waals surface area contributed by atoms with E-state index in [1.165, 1.54) is 6.07 Å². The first-order valence-electron chi connectivity index (χ1n) is 11.6. The maximum Gasteiger partial charge on any atom is 0.288 e. The number of unbranched alkanes of at least 4 members (excludes halogenated alkanes) is 2. The Morgan fingerprint density at radius 1 is 1.20 bits per heavy atom. The Labute approximate surface area is 205 Å². The Bertz CT molecular complexity index is 1040. The third kappa shape index (κ3) is 8.65. The molecule has 0 aliphatic rings. The van der Waals surface area contributed by atoms with Crippen molar-refractivity contribution in [3.05, 3.63) is 42.2 Å². The first-order valence-corrected chi connectivity index (χ1v) is 13.7. The van der Waals surface area contributed by atoms with Crippen LogP contribution in [0.5, 0.6) is 0 Å². The van der Waals surface area contributed by atoms with Gasteiger partial charge in [-0.05, 0) is 37.6 Å². The van der Waals surface area contributed by atoms with Crippen LogP contribution in [0.15, 0.2) is 40.8 Å². The zero-order valence-corrected chi connectivity index (χ0v) is 21.3. The van der Waals surface area contributed by atoms with E-state index in [2.05, 4.69) is 10.6 Å². The average molecular weight is 508 g/mol. The zero-order valence-electron chi connectivity index (χ0n) is 20.4. The van der Waals surface area contributed by atoms with Crippen molar-refractivity contribution in [2.75, 3.05) is 26.5 Å². The van der Waals surface area contributed by atoms with E-state index >= 15 is 0 Å². The minimum atomic E-state index is -2.96. The fourth-order valence-electron chi connectivity index (χ4n) is 3.51. The molecule has 3 N–H and O–H groups in total. The van der Waals surface area contributed by atoms with E-state index in [1.807, 2.05) is 6.92 Å². The maximum absolute atomic E-state index is 12.7. The molecule has 11 heteroatoms. The fraction of sp³-hybridized carbons (Fsp3) is 0.458. The summed E-state index contributed by atoms with van der Waals surface area (Å²) in [6, 6.07) is 10.1. The van der Waals surface area contributed by atoms with Gasteiger partial charge >= 0.3 is 0 Å². The smallest absolute Gasteiger partial charge is 0.288 e. The monoisotopic (exact) mass is 507 g/mol. The van der Waals surface area contributed by atoms with E-state index < -0.39 is 19.2 Å². The molecule has 1 heterocycles. The molecule has 1 unspecified atom stereocenters. The Hall–Kier alpha value is -2.94. The summed E-state index contributed by atoms with van der Waals surface area (Å²) in [6.07, 6.45) is 3.44. The number of hydroxylamine groups is 2. The molecule has 1 aromatic heterocycles. The Kier molecular flexibility index (Phi) is 11.2. The highest BCUT2D eigenvalue weighted by Gasteiger charge is 2.22. The van der Waals surface area contributed by atoms with Gasteiger partial charge in [-0.3, -0.25) is 24.2 Å². The summed E-state index contributed by atoms with van der Waals surface area (Å²) in [4.78, 5) is 35.7. The van der Waals surface area contributed by atoms with Crippen LogP contribution >= 0.6 is 7.37 Å². The molecule has 35 heavy (non-hydrogen) atoms. The summed E-state index contributed by atoms with van der Waals surface area (Å²) >= 11 is 0. The molecule has 2 atom stereocenters. The average Bonchev–Trinajstić information content (AvgIpc) is 3.34. The molecule has 3 amide bonds. The Balaban J connectivity index is 1.96. The lowest BCUT2D eigenvalue weighted by molar-refractivity contribution is -0.154. The highest BCUT2D eigenvalue weighted by Crippen LogP contribution is 2.41. The largest absolute Gasteiger partial charge is 0.451 e. The highest BCUT2D eigenvalue weighted by molar-refractivity contribution is 7.66. The first kappa shape index (κ1) is 28.3. The van der Waals surface area contributed by atoms with E-state index in [-0.39, 0.29) is 31.3 Å². The van der Waals surface area contributed by atoms with Crippen LogP contribution in [0.4, 0.5) is 0 Å².